The van der Waals surface area contributed by atoms with E-state index in [-0.39, 0.29) is 5.54 Å². The Balaban J connectivity index is 1.63. The maximum absolute atomic E-state index is 3.92. The second kappa shape index (κ2) is 6.34. The van der Waals surface area contributed by atoms with Gasteiger partial charge in [-0.2, -0.15) is 0 Å². The zero-order valence-electron chi connectivity index (χ0n) is 14.7. The van der Waals surface area contributed by atoms with Crippen LogP contribution in [0, 0.1) is 0 Å². The molecular weight excluding hydrogens is 292 g/mol. The maximum atomic E-state index is 3.92. The molecule has 24 heavy (non-hydrogen) atoms. The highest BCUT2D eigenvalue weighted by Crippen LogP contribution is 2.41. The Labute approximate surface area is 145 Å². The molecule has 1 spiro atoms. The number of nitrogens with zero attached hydrogens (tertiary/aromatic N) is 1. The van der Waals surface area contributed by atoms with Gasteiger partial charge in [0.25, 0.3) is 0 Å². The Bertz CT molecular complexity index is 661. The average Bonchev–Trinajstić information content (AvgIpc) is 3.10. The van der Waals surface area contributed by atoms with Crippen molar-refractivity contribution >= 4 is 0 Å². The smallest absolute Gasteiger partial charge is 0.0535 e. The SMILES string of the molecule is CC1(c2ccccc2)CN(Cc2ccccc2)C2(CCCC2)CN1. The molecular formula is C22H28N2. The van der Waals surface area contributed by atoms with E-state index in [1.807, 2.05) is 0 Å². The predicted octanol–water partition coefficient (Wildman–Crippen LogP) is 4.32. The second-order valence-corrected chi connectivity index (χ2v) is 7.82. The van der Waals surface area contributed by atoms with Gasteiger partial charge in [0.2, 0.25) is 0 Å². The summed E-state index contributed by atoms with van der Waals surface area (Å²) in [5, 5.41) is 3.92. The molecule has 2 heteroatoms. The van der Waals surface area contributed by atoms with Crippen LogP contribution in [0.3, 0.4) is 0 Å². The maximum Gasteiger partial charge on any atom is 0.0535 e. The third-order valence-electron chi connectivity index (χ3n) is 6.15. The standard InChI is InChI=1S/C22H28N2/c1-21(20-12-6-3-7-13-20)18-24(16-19-10-4-2-5-11-19)22(17-23-21)14-8-9-15-22/h2-7,10-13,23H,8-9,14-18H2,1H3. The molecule has 1 N–H and O–H groups in total. The molecule has 4 rings (SSSR count). The zero-order chi connectivity index (χ0) is 16.5. The molecule has 126 valence electrons. The van der Waals surface area contributed by atoms with E-state index in [1.165, 1.54) is 36.8 Å². The molecule has 1 atom stereocenters. The Morgan fingerprint density at radius 1 is 0.917 bits per heavy atom. The molecule has 0 radical (unpaired) electrons. The highest BCUT2D eigenvalue weighted by molar-refractivity contribution is 5.27. The van der Waals surface area contributed by atoms with Crippen molar-refractivity contribution in [3.8, 4) is 0 Å². The Morgan fingerprint density at radius 2 is 1.54 bits per heavy atom. The van der Waals surface area contributed by atoms with Crippen molar-refractivity contribution in [2.75, 3.05) is 13.1 Å². The molecule has 0 aromatic heterocycles. The summed E-state index contributed by atoms with van der Waals surface area (Å²) in [5.41, 5.74) is 3.21. The van der Waals surface area contributed by atoms with E-state index in [4.69, 9.17) is 0 Å². The molecule has 1 unspecified atom stereocenters. The molecule has 1 aliphatic heterocycles. The summed E-state index contributed by atoms with van der Waals surface area (Å²) in [7, 11) is 0. The highest BCUT2D eigenvalue weighted by Gasteiger charge is 2.47. The summed E-state index contributed by atoms with van der Waals surface area (Å²) in [6.45, 7) is 5.60. The minimum Gasteiger partial charge on any atom is -0.305 e. The molecule has 1 aliphatic carbocycles. The van der Waals surface area contributed by atoms with Gasteiger partial charge in [0.15, 0.2) is 0 Å². The monoisotopic (exact) mass is 320 g/mol. The van der Waals surface area contributed by atoms with Crippen molar-refractivity contribution in [1.29, 1.82) is 0 Å². The van der Waals surface area contributed by atoms with Crippen LogP contribution < -0.4 is 5.32 Å². The first-order valence-corrected chi connectivity index (χ1v) is 9.30. The first-order valence-electron chi connectivity index (χ1n) is 9.30. The molecule has 2 nitrogen and oxygen atoms in total. The molecule has 1 saturated heterocycles. The van der Waals surface area contributed by atoms with Gasteiger partial charge in [-0.15, -0.1) is 0 Å². The van der Waals surface area contributed by atoms with Crippen molar-refractivity contribution in [3.05, 3.63) is 71.8 Å². The van der Waals surface area contributed by atoms with E-state index >= 15 is 0 Å². The van der Waals surface area contributed by atoms with Crippen LogP contribution in [0.15, 0.2) is 60.7 Å². The topological polar surface area (TPSA) is 15.3 Å². The van der Waals surface area contributed by atoms with E-state index in [2.05, 4.69) is 77.8 Å². The molecule has 1 heterocycles. The normalized spacial score (nSPS) is 26.7. The molecule has 0 bridgehead atoms. The van der Waals surface area contributed by atoms with Crippen molar-refractivity contribution in [2.45, 2.75) is 50.2 Å². The van der Waals surface area contributed by atoms with Crippen LogP contribution in [0.25, 0.3) is 0 Å². The van der Waals surface area contributed by atoms with Gasteiger partial charge in [0.05, 0.1) is 5.54 Å². The van der Waals surface area contributed by atoms with Gasteiger partial charge in [0, 0.05) is 25.2 Å². The summed E-state index contributed by atoms with van der Waals surface area (Å²) >= 11 is 0. The van der Waals surface area contributed by atoms with Crippen LogP contribution in [-0.2, 0) is 12.1 Å². The molecule has 2 aromatic rings. The van der Waals surface area contributed by atoms with Crippen molar-refractivity contribution in [3.63, 3.8) is 0 Å². The zero-order valence-corrected chi connectivity index (χ0v) is 14.7. The van der Waals surface area contributed by atoms with Crippen molar-refractivity contribution in [2.24, 2.45) is 0 Å². The Kier molecular flexibility index (Phi) is 4.19. The van der Waals surface area contributed by atoms with Crippen LogP contribution in [-0.4, -0.2) is 23.5 Å². The van der Waals surface area contributed by atoms with E-state index in [9.17, 15) is 0 Å². The number of nitrogens with one attached hydrogen (secondary N) is 1. The fraction of sp³-hybridized carbons (Fsp3) is 0.455. The van der Waals surface area contributed by atoms with Crippen LogP contribution in [0.2, 0.25) is 0 Å². The van der Waals surface area contributed by atoms with Gasteiger partial charge >= 0.3 is 0 Å². The van der Waals surface area contributed by atoms with Crippen LogP contribution in [0.5, 0.6) is 0 Å². The number of hydrogen-bond acceptors (Lipinski definition) is 2. The van der Waals surface area contributed by atoms with Gasteiger partial charge in [-0.25, -0.2) is 0 Å². The summed E-state index contributed by atoms with van der Waals surface area (Å²) in [6, 6.07) is 21.9. The van der Waals surface area contributed by atoms with Crippen LogP contribution in [0.1, 0.15) is 43.7 Å². The highest BCUT2D eigenvalue weighted by atomic mass is 15.3. The fourth-order valence-electron chi connectivity index (χ4n) is 4.63. The van der Waals surface area contributed by atoms with Crippen LogP contribution in [0.4, 0.5) is 0 Å². The van der Waals surface area contributed by atoms with E-state index in [0.29, 0.717) is 5.54 Å². The average molecular weight is 320 g/mol. The largest absolute Gasteiger partial charge is 0.305 e. The van der Waals surface area contributed by atoms with Gasteiger partial charge in [0.1, 0.15) is 0 Å². The number of benzene rings is 2. The number of hydrogen-bond donors (Lipinski definition) is 1. The van der Waals surface area contributed by atoms with Gasteiger partial charge < -0.3 is 5.32 Å². The molecule has 0 amide bonds. The molecule has 1 saturated carbocycles. The number of rotatable bonds is 3. The van der Waals surface area contributed by atoms with Gasteiger partial charge in [-0.1, -0.05) is 73.5 Å². The lowest BCUT2D eigenvalue weighted by molar-refractivity contribution is 0.00499. The lowest BCUT2D eigenvalue weighted by Crippen LogP contribution is -2.66. The Morgan fingerprint density at radius 3 is 2.21 bits per heavy atom. The predicted molar refractivity (Wildman–Crippen MR) is 99.8 cm³/mol. The first-order chi connectivity index (χ1) is 11.7. The first kappa shape index (κ1) is 15.9. The van der Waals surface area contributed by atoms with Crippen LogP contribution >= 0.6 is 0 Å². The second-order valence-electron chi connectivity index (χ2n) is 7.82. The quantitative estimate of drug-likeness (QED) is 0.906. The minimum atomic E-state index is 0.0316. The Hall–Kier alpha value is -1.64. The van der Waals surface area contributed by atoms with E-state index in [1.54, 1.807) is 0 Å². The molecule has 2 aromatic carbocycles. The van der Waals surface area contributed by atoms with Crippen molar-refractivity contribution in [1.82, 2.24) is 10.2 Å². The minimum absolute atomic E-state index is 0.0316. The number of piperazine rings is 1. The van der Waals surface area contributed by atoms with Gasteiger partial charge in [-0.05, 0) is 30.9 Å². The molecule has 2 aliphatic rings. The summed E-state index contributed by atoms with van der Waals surface area (Å²) in [4.78, 5) is 2.78. The van der Waals surface area contributed by atoms with E-state index in [0.717, 1.165) is 19.6 Å². The summed E-state index contributed by atoms with van der Waals surface area (Å²) < 4.78 is 0. The fourth-order valence-corrected chi connectivity index (χ4v) is 4.63. The third kappa shape index (κ3) is 2.89. The summed E-state index contributed by atoms with van der Waals surface area (Å²) in [6.07, 6.45) is 5.40. The summed E-state index contributed by atoms with van der Waals surface area (Å²) in [5.74, 6) is 0. The van der Waals surface area contributed by atoms with E-state index < -0.39 is 0 Å². The van der Waals surface area contributed by atoms with Crippen molar-refractivity contribution < 1.29 is 0 Å². The third-order valence-corrected chi connectivity index (χ3v) is 6.15. The lowest BCUT2D eigenvalue weighted by atomic mass is 9.82. The van der Waals surface area contributed by atoms with Gasteiger partial charge in [-0.3, -0.25) is 4.90 Å². The molecule has 2 fully saturated rings. The lowest BCUT2D eigenvalue weighted by Gasteiger charge is -2.53.